The van der Waals surface area contributed by atoms with Crippen LogP contribution >= 0.6 is 0 Å². The second-order valence-corrected chi connectivity index (χ2v) is 12.7. The number of rotatable bonds is 16. The van der Waals surface area contributed by atoms with Crippen LogP contribution in [-0.2, 0) is 35.4 Å². The fourth-order valence-corrected chi connectivity index (χ4v) is 6.33. The normalized spacial score (nSPS) is 20.4. The lowest BCUT2D eigenvalue weighted by molar-refractivity contribution is -0.134. The fourth-order valence-electron chi connectivity index (χ4n) is 4.70. The number of methoxy groups -OCH3 is 2. The number of carbonyl (C=O) groups is 1. The molecule has 12 heteroatoms. The summed E-state index contributed by atoms with van der Waals surface area (Å²) in [5, 5.41) is 14.1. The summed E-state index contributed by atoms with van der Waals surface area (Å²) in [4.78, 5) is 12.8. The lowest BCUT2D eigenvalue weighted by atomic mass is 10.0. The first-order valence-corrected chi connectivity index (χ1v) is 15.5. The van der Waals surface area contributed by atoms with Gasteiger partial charge in [0.05, 0.1) is 43.5 Å². The molecule has 0 radical (unpaired) electrons. The van der Waals surface area contributed by atoms with E-state index in [4.69, 9.17) is 23.7 Å². The van der Waals surface area contributed by atoms with Crippen molar-refractivity contribution in [3.05, 3.63) is 60.2 Å². The molecule has 0 unspecified atom stereocenters. The Morgan fingerprint density at radius 2 is 1.76 bits per heavy atom. The van der Waals surface area contributed by atoms with Gasteiger partial charge in [-0.15, -0.1) is 0 Å². The van der Waals surface area contributed by atoms with Crippen molar-refractivity contribution >= 4 is 16.1 Å². The minimum Gasteiger partial charge on any atom is -0.497 e. The van der Waals surface area contributed by atoms with E-state index in [2.05, 4.69) is 5.32 Å². The predicted molar refractivity (Wildman–Crippen MR) is 157 cm³/mol. The molecule has 1 amide bonds. The fraction of sp³-hybridized carbons (Fsp3) is 0.567. The topological polar surface area (TPSA) is 133 Å². The molecule has 2 N–H and O–H groups in total. The van der Waals surface area contributed by atoms with Crippen molar-refractivity contribution in [1.82, 2.24) is 9.62 Å². The first-order valence-electron chi connectivity index (χ1n) is 14.1. The molecule has 0 aromatic heterocycles. The number of ether oxygens (including phenoxy) is 5. The zero-order chi connectivity index (χ0) is 30.7. The predicted octanol–water partition coefficient (Wildman–Crippen LogP) is 3.06. The van der Waals surface area contributed by atoms with Gasteiger partial charge in [-0.05, 0) is 42.2 Å². The Balaban J connectivity index is 1.67. The number of amides is 1. The Labute approximate surface area is 249 Å². The van der Waals surface area contributed by atoms with E-state index in [-0.39, 0.29) is 55.6 Å². The minimum atomic E-state index is -3.95. The second kappa shape index (κ2) is 16.2. The molecule has 42 heavy (non-hydrogen) atoms. The highest BCUT2D eigenvalue weighted by atomic mass is 32.2. The van der Waals surface area contributed by atoms with Crippen molar-refractivity contribution in [2.75, 3.05) is 47.1 Å². The Kier molecular flexibility index (Phi) is 13.0. The van der Waals surface area contributed by atoms with Crippen LogP contribution in [0, 0.1) is 11.8 Å². The maximum absolute atomic E-state index is 13.6. The average Bonchev–Trinajstić information content (AvgIpc) is 3.33. The number of carbonyl (C=O) groups excluding carboxylic acids is 1. The highest BCUT2D eigenvalue weighted by molar-refractivity contribution is 7.89. The molecule has 0 spiro atoms. The van der Waals surface area contributed by atoms with E-state index >= 15 is 0 Å². The highest BCUT2D eigenvalue weighted by Gasteiger charge is 2.35. The molecule has 5 atom stereocenters. The van der Waals surface area contributed by atoms with E-state index in [1.807, 2.05) is 51.1 Å². The van der Waals surface area contributed by atoms with E-state index in [0.29, 0.717) is 12.4 Å². The quantitative estimate of drug-likeness (QED) is 0.276. The summed E-state index contributed by atoms with van der Waals surface area (Å²) in [6.07, 6.45) is -2.23. The van der Waals surface area contributed by atoms with Gasteiger partial charge in [0.25, 0.3) is 0 Å². The lowest BCUT2D eigenvalue weighted by Crippen LogP contribution is -2.51. The van der Waals surface area contributed by atoms with Crippen LogP contribution in [-0.4, -0.2) is 95.6 Å². The molecule has 2 aromatic carbocycles. The summed E-state index contributed by atoms with van der Waals surface area (Å²) in [7, 11) is -0.824. The molecule has 0 aliphatic carbocycles. The molecule has 1 fully saturated rings. The third-order valence-corrected chi connectivity index (χ3v) is 8.91. The molecule has 1 saturated heterocycles. The number of nitrogens with zero attached hydrogens (tertiary/aromatic N) is 1. The Morgan fingerprint density at radius 1 is 1.07 bits per heavy atom. The van der Waals surface area contributed by atoms with Gasteiger partial charge in [-0.25, -0.2) is 13.2 Å². The Morgan fingerprint density at radius 3 is 2.36 bits per heavy atom. The standard InChI is InChI=1S/C30H44N2O9S/c1-21(2)18-32(42(35,36)25-13-11-24(37-4)12-14-25)19-27(33)26(17-23-9-7-6-8-10-23)31-30(34)40-16-15-39-29-22(3)28(38-5)20-41-29/h6-14,21-22,26-29,33H,15-20H2,1-5H3,(H,31,34)/t22-,26+,27-,28+,29+/m1/s1. The number of aliphatic hydroxyl groups excluding tert-OH is 1. The first-order chi connectivity index (χ1) is 20.0. The van der Waals surface area contributed by atoms with Crippen LogP contribution in [0.3, 0.4) is 0 Å². The zero-order valence-corrected chi connectivity index (χ0v) is 25.8. The first kappa shape index (κ1) is 33.8. The van der Waals surface area contributed by atoms with Crippen molar-refractivity contribution in [2.45, 2.75) is 56.6 Å². The number of aliphatic hydroxyl groups is 1. The van der Waals surface area contributed by atoms with Crippen LogP contribution in [0.25, 0.3) is 0 Å². The number of hydrogen-bond donors (Lipinski definition) is 2. The van der Waals surface area contributed by atoms with E-state index in [1.165, 1.54) is 23.5 Å². The van der Waals surface area contributed by atoms with Crippen molar-refractivity contribution in [3.63, 3.8) is 0 Å². The lowest BCUT2D eigenvalue weighted by Gasteiger charge is -2.30. The number of sulfonamides is 1. The monoisotopic (exact) mass is 608 g/mol. The van der Waals surface area contributed by atoms with Crippen LogP contribution in [0.2, 0.25) is 0 Å². The molecule has 3 rings (SSSR count). The van der Waals surface area contributed by atoms with Gasteiger partial charge in [-0.1, -0.05) is 51.1 Å². The van der Waals surface area contributed by atoms with Crippen LogP contribution in [0.4, 0.5) is 4.79 Å². The highest BCUT2D eigenvalue weighted by Crippen LogP contribution is 2.24. The average molecular weight is 609 g/mol. The van der Waals surface area contributed by atoms with Gasteiger partial charge in [-0.3, -0.25) is 0 Å². The number of hydrogen-bond acceptors (Lipinski definition) is 9. The Bertz CT molecular complexity index is 1200. The van der Waals surface area contributed by atoms with Crippen molar-refractivity contribution < 1.29 is 42.0 Å². The molecule has 0 bridgehead atoms. The van der Waals surface area contributed by atoms with Gasteiger partial charge in [0.15, 0.2) is 6.29 Å². The summed E-state index contributed by atoms with van der Waals surface area (Å²) in [6.45, 7) is 6.23. The van der Waals surface area contributed by atoms with E-state index in [9.17, 15) is 18.3 Å². The SMILES string of the molecule is COc1ccc(S(=O)(=O)N(CC(C)C)C[C@@H](O)[C@H](Cc2ccccc2)NC(=O)OCCO[C@H]2OC[C@H](OC)[C@H]2C)cc1. The van der Waals surface area contributed by atoms with Crippen LogP contribution in [0.5, 0.6) is 5.75 Å². The smallest absolute Gasteiger partial charge is 0.407 e. The largest absolute Gasteiger partial charge is 0.497 e. The summed E-state index contributed by atoms with van der Waals surface area (Å²) >= 11 is 0. The molecular formula is C30H44N2O9S. The van der Waals surface area contributed by atoms with Crippen molar-refractivity contribution in [2.24, 2.45) is 11.8 Å². The third-order valence-electron chi connectivity index (χ3n) is 7.06. The van der Waals surface area contributed by atoms with Gasteiger partial charge < -0.3 is 34.1 Å². The molecule has 2 aromatic rings. The van der Waals surface area contributed by atoms with Gasteiger partial charge in [0.2, 0.25) is 10.0 Å². The van der Waals surface area contributed by atoms with Crippen molar-refractivity contribution in [3.8, 4) is 5.75 Å². The molecule has 11 nitrogen and oxygen atoms in total. The number of alkyl carbamates (subject to hydrolysis) is 1. The number of benzene rings is 2. The molecule has 1 aliphatic heterocycles. The van der Waals surface area contributed by atoms with Gasteiger partial charge in [0.1, 0.15) is 12.4 Å². The van der Waals surface area contributed by atoms with Gasteiger partial charge >= 0.3 is 6.09 Å². The maximum atomic E-state index is 13.6. The second-order valence-electron chi connectivity index (χ2n) is 10.7. The summed E-state index contributed by atoms with van der Waals surface area (Å²) in [5.74, 6) is 0.559. The Hall–Kier alpha value is -2.74. The van der Waals surface area contributed by atoms with E-state index in [0.717, 1.165) is 5.56 Å². The zero-order valence-electron chi connectivity index (χ0n) is 25.0. The van der Waals surface area contributed by atoms with Gasteiger partial charge in [-0.2, -0.15) is 4.31 Å². The summed E-state index contributed by atoms with van der Waals surface area (Å²) in [5.41, 5.74) is 0.860. The van der Waals surface area contributed by atoms with E-state index < -0.39 is 34.6 Å². The molecule has 1 aliphatic rings. The van der Waals surface area contributed by atoms with Crippen molar-refractivity contribution in [1.29, 1.82) is 0 Å². The molecular weight excluding hydrogens is 564 g/mol. The molecule has 234 valence electrons. The maximum Gasteiger partial charge on any atom is 0.407 e. The summed E-state index contributed by atoms with van der Waals surface area (Å²) in [6, 6.07) is 14.6. The van der Waals surface area contributed by atoms with Crippen LogP contribution < -0.4 is 10.1 Å². The summed E-state index contributed by atoms with van der Waals surface area (Å²) < 4.78 is 55.5. The molecule has 0 saturated carbocycles. The van der Waals surface area contributed by atoms with Crippen LogP contribution in [0.15, 0.2) is 59.5 Å². The van der Waals surface area contributed by atoms with Gasteiger partial charge in [0, 0.05) is 26.1 Å². The van der Waals surface area contributed by atoms with Crippen LogP contribution in [0.1, 0.15) is 26.3 Å². The van der Waals surface area contributed by atoms with E-state index in [1.54, 1.807) is 19.2 Å². The third kappa shape index (κ3) is 9.65. The molecule has 1 heterocycles. The minimum absolute atomic E-state index is 0.0125. The number of nitrogens with one attached hydrogen (secondary N) is 1.